The Balaban J connectivity index is 0.000000222. The van der Waals surface area contributed by atoms with Crippen LogP contribution in [0.1, 0.15) is 38.8 Å². The van der Waals surface area contributed by atoms with Gasteiger partial charge in [-0.2, -0.15) is 36.4 Å². The maximum absolute atomic E-state index is 12.9. The number of likely N-dealkylation sites (N-methyl/N-ethyl adjacent to an activating group) is 2. The molecular formula is C36H31N5O7Y2-2. The molecule has 12 nitrogen and oxygen atoms in total. The molecule has 2 aromatic heterocycles. The van der Waals surface area contributed by atoms with Crippen molar-refractivity contribution >= 4 is 56.9 Å². The minimum absolute atomic E-state index is 0. The minimum atomic E-state index is -0.676. The van der Waals surface area contributed by atoms with Gasteiger partial charge in [0.15, 0.2) is 0 Å². The second-order valence-electron chi connectivity index (χ2n) is 11.5. The van der Waals surface area contributed by atoms with Crippen LogP contribution < -0.4 is 26.0 Å². The fourth-order valence-corrected chi connectivity index (χ4v) is 5.79. The van der Waals surface area contributed by atoms with E-state index in [2.05, 4.69) is 17.4 Å². The number of amides is 3. The van der Waals surface area contributed by atoms with Crippen molar-refractivity contribution in [3.8, 4) is 0 Å². The van der Waals surface area contributed by atoms with E-state index in [4.69, 9.17) is 4.74 Å². The number of esters is 1. The molecule has 0 saturated carbocycles. The molecule has 0 spiro atoms. The molecule has 7 rings (SSSR count). The van der Waals surface area contributed by atoms with Gasteiger partial charge in [0.25, 0.3) is 5.91 Å². The van der Waals surface area contributed by atoms with Gasteiger partial charge >= 0.3 is 5.97 Å². The van der Waals surface area contributed by atoms with E-state index in [-0.39, 0.29) is 113 Å². The predicted octanol–water partition coefficient (Wildman–Crippen LogP) is 2.97. The maximum atomic E-state index is 12.9. The van der Waals surface area contributed by atoms with Gasteiger partial charge in [-0.25, -0.2) is 4.79 Å². The van der Waals surface area contributed by atoms with Gasteiger partial charge in [-0.15, -0.1) is 0 Å². The van der Waals surface area contributed by atoms with E-state index in [1.165, 1.54) is 28.3 Å². The van der Waals surface area contributed by atoms with Crippen molar-refractivity contribution in [1.82, 2.24) is 14.5 Å². The topological polar surface area (TPSA) is 140 Å². The summed E-state index contributed by atoms with van der Waals surface area (Å²) in [7, 11) is 3.32. The summed E-state index contributed by atoms with van der Waals surface area (Å²) in [6.45, 7) is 4.34. The molecule has 3 aromatic carbocycles. The van der Waals surface area contributed by atoms with Crippen molar-refractivity contribution in [2.75, 3.05) is 30.5 Å². The minimum Gasteiger partial charge on any atom is -0.462 e. The van der Waals surface area contributed by atoms with Gasteiger partial charge in [0.2, 0.25) is 11.8 Å². The van der Waals surface area contributed by atoms with Gasteiger partial charge in [0.1, 0.15) is 16.4 Å². The van der Waals surface area contributed by atoms with Crippen LogP contribution in [0.25, 0.3) is 21.8 Å². The Kier molecular flexibility index (Phi) is 12.5. The number of nitrogens with one attached hydrogen (secondary N) is 1. The molecule has 250 valence electrons. The summed E-state index contributed by atoms with van der Waals surface area (Å²) in [6, 6.07) is 20.0. The third kappa shape index (κ3) is 7.30. The average Bonchev–Trinajstić information content (AvgIpc) is 3.08. The quantitative estimate of drug-likeness (QED) is 0.213. The molecule has 14 heteroatoms. The molecule has 50 heavy (non-hydrogen) atoms. The third-order valence-electron chi connectivity index (χ3n) is 8.41. The molecule has 0 unspecified atom stereocenters. The number of benzene rings is 3. The van der Waals surface area contributed by atoms with Crippen LogP contribution in [0.2, 0.25) is 0 Å². The van der Waals surface area contributed by atoms with Gasteiger partial charge in [0, 0.05) is 98.5 Å². The Morgan fingerprint density at radius 1 is 0.760 bits per heavy atom. The molecule has 3 amide bonds. The largest absolute Gasteiger partial charge is 0.462 e. The molecule has 0 atom stereocenters. The predicted molar refractivity (Wildman–Crippen MR) is 179 cm³/mol. The van der Waals surface area contributed by atoms with Gasteiger partial charge in [0.05, 0.1) is 25.3 Å². The summed E-state index contributed by atoms with van der Waals surface area (Å²) in [5.41, 5.74) is 3.80. The van der Waals surface area contributed by atoms with Gasteiger partial charge in [-0.3, -0.25) is 14.4 Å². The zero-order valence-electron chi connectivity index (χ0n) is 27.9. The molecule has 4 heterocycles. The van der Waals surface area contributed by atoms with E-state index >= 15 is 0 Å². The van der Waals surface area contributed by atoms with Gasteiger partial charge in [-0.05, 0) is 41.8 Å². The first kappa shape index (κ1) is 39.0. The van der Waals surface area contributed by atoms with Crippen molar-refractivity contribution in [3.63, 3.8) is 0 Å². The summed E-state index contributed by atoms with van der Waals surface area (Å²) in [6.07, 6.45) is 2.88. The van der Waals surface area contributed by atoms with Crippen LogP contribution >= 0.6 is 0 Å². The summed E-state index contributed by atoms with van der Waals surface area (Å²) >= 11 is 0. The van der Waals surface area contributed by atoms with Crippen molar-refractivity contribution in [2.45, 2.75) is 33.5 Å². The zero-order chi connectivity index (χ0) is 34.3. The van der Waals surface area contributed by atoms with Crippen LogP contribution in [0, 0.1) is 19.1 Å². The van der Waals surface area contributed by atoms with Crippen molar-refractivity contribution < 1.29 is 89.3 Å². The molecule has 0 fully saturated rings. The normalized spacial score (nSPS) is 12.8. The number of anilines is 2. The number of aromatic nitrogens is 2. The number of ether oxygens (including phenoxy) is 1. The number of pyridine rings is 2. The van der Waals surface area contributed by atoms with E-state index in [0.29, 0.717) is 39.7 Å². The summed E-state index contributed by atoms with van der Waals surface area (Å²) in [5.74, 6) is -1.37. The number of hydrogen-bond acceptors (Lipinski definition) is 7. The maximum Gasteiger partial charge on any atom is 0.342 e. The zero-order valence-corrected chi connectivity index (χ0v) is 33.6. The second kappa shape index (κ2) is 16.0. The summed E-state index contributed by atoms with van der Waals surface area (Å²) < 4.78 is 8.18. The molecule has 0 saturated heterocycles. The molecule has 2 radical (unpaired) electrons. The Morgan fingerprint density at radius 3 is 1.74 bits per heavy atom. The number of carbonyl (C=O) groups excluding carboxylic acids is 4. The van der Waals surface area contributed by atoms with E-state index in [1.807, 2.05) is 31.2 Å². The van der Waals surface area contributed by atoms with Gasteiger partial charge in [-0.1, -0.05) is 40.6 Å². The number of carbonyl (C=O) groups is 4. The number of nitrogens with zero attached hydrogens (tertiary/aromatic N) is 4. The molecule has 5 aromatic rings. The first-order valence-electron chi connectivity index (χ1n) is 15.2. The van der Waals surface area contributed by atoms with Crippen molar-refractivity contribution in [1.29, 1.82) is 0 Å². The Bertz CT molecular complexity index is 2280. The van der Waals surface area contributed by atoms with E-state index in [0.717, 1.165) is 11.1 Å². The van der Waals surface area contributed by atoms with E-state index in [1.54, 1.807) is 48.4 Å². The molecule has 2 aliphatic rings. The fraction of sp³-hybridized carbons (Fsp3) is 0.222. The fourth-order valence-electron chi connectivity index (χ4n) is 5.79. The number of aryl methyl sites for hydroxylation is 1. The van der Waals surface area contributed by atoms with Crippen LogP contribution in [0.5, 0.6) is 0 Å². The van der Waals surface area contributed by atoms with Crippen LogP contribution in [-0.2, 0) is 99.4 Å². The van der Waals surface area contributed by atoms with Gasteiger partial charge < -0.3 is 38.6 Å². The Labute approximate surface area is 337 Å². The van der Waals surface area contributed by atoms with E-state index in [9.17, 15) is 28.8 Å². The number of hydrogen-bond donors (Lipinski definition) is 1. The first-order valence-corrected chi connectivity index (χ1v) is 15.2. The molecule has 2 aliphatic heterocycles. The standard InChI is InChI=1S/C21H18N3O3.C15H13N2O4.2Y/c1-13-6-8-14(9-7-13)10-22-21(27)16-11-24-12-18(25)23(2)17-5-3-4-15(19(17)24)20(16)26;1-3-21-15(20)10-7-17-8-12(18)16(2)11-6-4-5-9(13(11)17)14(10)19;;/h4-9,11H,10,12H2,1-2H3,(H,22,27);5-7H,3,8H2,1-2H3;;/q2*-1;;. The van der Waals surface area contributed by atoms with Crippen molar-refractivity contribution in [3.05, 3.63) is 116 Å². The average molecular weight is 823 g/mol. The SMILES string of the molecule is CCOC(=O)c1cn2c3c(c[c-]cc3c1=O)N(C)C(=O)C2.Cc1ccc(CNC(=O)c2cn3c4c(c[c-]cc4c2=O)N(C)C(=O)C3)cc1.[Y].[Y]. The molecular weight excluding hydrogens is 792 g/mol. The smallest absolute Gasteiger partial charge is 0.342 e. The first-order chi connectivity index (χ1) is 23.0. The summed E-state index contributed by atoms with van der Waals surface area (Å²) in [4.78, 5) is 77.0. The Morgan fingerprint density at radius 2 is 1.24 bits per heavy atom. The van der Waals surface area contributed by atoms with Crippen LogP contribution in [0.4, 0.5) is 11.4 Å². The second-order valence-corrected chi connectivity index (χ2v) is 11.5. The monoisotopic (exact) mass is 823 g/mol. The number of rotatable bonds is 5. The van der Waals surface area contributed by atoms with Crippen LogP contribution in [-0.4, -0.2) is 53.5 Å². The molecule has 0 bridgehead atoms. The third-order valence-corrected chi connectivity index (χ3v) is 8.41. The van der Waals surface area contributed by atoms with Crippen LogP contribution in [0.3, 0.4) is 0 Å². The molecule has 1 N–H and O–H groups in total. The summed E-state index contributed by atoms with van der Waals surface area (Å²) in [5, 5.41) is 3.53. The molecule has 0 aliphatic carbocycles. The van der Waals surface area contributed by atoms with Crippen LogP contribution in [0.15, 0.2) is 70.5 Å². The van der Waals surface area contributed by atoms with E-state index < -0.39 is 17.3 Å². The Hall–Kier alpha value is -3.83. The van der Waals surface area contributed by atoms with Crippen molar-refractivity contribution in [2.24, 2.45) is 0 Å².